The van der Waals surface area contributed by atoms with Crippen molar-refractivity contribution >= 4 is 20.9 Å². The Morgan fingerprint density at radius 1 is 1.00 bits per heavy atom. The number of fused-ring (bicyclic) bond motifs is 1. The summed E-state index contributed by atoms with van der Waals surface area (Å²) in [6.45, 7) is 3.42. The maximum Gasteiger partial charge on any atom is 0.214 e. The van der Waals surface area contributed by atoms with Gasteiger partial charge in [-0.1, -0.05) is 48.5 Å². The summed E-state index contributed by atoms with van der Waals surface area (Å²) in [5.74, 6) is 0.738. The van der Waals surface area contributed by atoms with Gasteiger partial charge in [-0.05, 0) is 55.7 Å². The SMILES string of the molecule is Cc1[nH]c2ccccc2c1CC1CCN(S(=O)(=O)CCc2ccccc2)CC1. The first-order valence-corrected chi connectivity index (χ1v) is 11.7. The number of piperidine rings is 1. The van der Waals surface area contributed by atoms with E-state index in [2.05, 4.69) is 36.2 Å². The van der Waals surface area contributed by atoms with Crippen LogP contribution in [0.4, 0.5) is 0 Å². The summed E-state index contributed by atoms with van der Waals surface area (Å²) in [6.07, 6.45) is 3.47. The molecule has 2 heterocycles. The van der Waals surface area contributed by atoms with Gasteiger partial charge in [0.15, 0.2) is 0 Å². The van der Waals surface area contributed by atoms with E-state index in [1.54, 1.807) is 4.31 Å². The average Bonchev–Trinajstić information content (AvgIpc) is 3.03. The van der Waals surface area contributed by atoms with Crippen LogP contribution >= 0.6 is 0 Å². The number of sulfonamides is 1. The van der Waals surface area contributed by atoms with Crippen molar-refractivity contribution in [3.63, 3.8) is 0 Å². The largest absolute Gasteiger partial charge is 0.358 e. The third kappa shape index (κ3) is 4.15. The van der Waals surface area contributed by atoms with Crippen LogP contribution < -0.4 is 0 Å². The van der Waals surface area contributed by atoms with Gasteiger partial charge >= 0.3 is 0 Å². The lowest BCUT2D eigenvalue weighted by atomic mass is 9.90. The third-order valence-electron chi connectivity index (χ3n) is 5.98. The van der Waals surface area contributed by atoms with Crippen molar-refractivity contribution in [2.24, 2.45) is 5.92 Å². The molecule has 1 N–H and O–H groups in total. The molecule has 0 atom stereocenters. The second-order valence-electron chi connectivity index (χ2n) is 7.87. The number of hydrogen-bond donors (Lipinski definition) is 1. The minimum Gasteiger partial charge on any atom is -0.358 e. The summed E-state index contributed by atoms with van der Waals surface area (Å²) in [5.41, 5.74) is 4.90. The third-order valence-corrected chi connectivity index (χ3v) is 7.85. The molecule has 3 aromatic rings. The van der Waals surface area contributed by atoms with Crippen LogP contribution in [0.2, 0.25) is 0 Å². The minimum absolute atomic E-state index is 0.198. The first-order chi connectivity index (χ1) is 13.5. The van der Waals surface area contributed by atoms with Gasteiger partial charge in [0.2, 0.25) is 10.0 Å². The number of aryl methyl sites for hydroxylation is 2. The number of nitrogens with one attached hydrogen (secondary N) is 1. The van der Waals surface area contributed by atoms with Crippen LogP contribution in [-0.2, 0) is 22.9 Å². The van der Waals surface area contributed by atoms with Gasteiger partial charge in [-0.2, -0.15) is 0 Å². The molecule has 1 fully saturated rings. The molecular weight excluding hydrogens is 368 g/mol. The van der Waals surface area contributed by atoms with E-state index in [4.69, 9.17) is 0 Å². The maximum absolute atomic E-state index is 12.7. The first kappa shape index (κ1) is 19.2. The Bertz CT molecular complexity index is 1030. The Balaban J connectivity index is 1.35. The van der Waals surface area contributed by atoms with E-state index < -0.39 is 10.0 Å². The summed E-state index contributed by atoms with van der Waals surface area (Å²) in [6, 6.07) is 18.3. The maximum atomic E-state index is 12.7. The lowest BCUT2D eigenvalue weighted by Crippen LogP contribution is -2.40. The molecule has 0 bridgehead atoms. The number of rotatable bonds is 6. The molecule has 1 aliphatic heterocycles. The molecule has 148 valence electrons. The highest BCUT2D eigenvalue weighted by Gasteiger charge is 2.28. The lowest BCUT2D eigenvalue weighted by molar-refractivity contribution is 0.273. The molecule has 1 aliphatic rings. The minimum atomic E-state index is -3.18. The van der Waals surface area contributed by atoms with Crippen molar-refractivity contribution in [1.82, 2.24) is 9.29 Å². The van der Waals surface area contributed by atoms with E-state index in [1.165, 1.54) is 22.2 Å². The van der Waals surface area contributed by atoms with Gasteiger partial charge in [-0.3, -0.25) is 0 Å². The second-order valence-corrected chi connectivity index (χ2v) is 9.96. The van der Waals surface area contributed by atoms with E-state index >= 15 is 0 Å². The van der Waals surface area contributed by atoms with E-state index in [0.29, 0.717) is 25.4 Å². The zero-order valence-electron chi connectivity index (χ0n) is 16.4. The van der Waals surface area contributed by atoms with Crippen molar-refractivity contribution in [3.05, 3.63) is 71.4 Å². The number of hydrogen-bond acceptors (Lipinski definition) is 2. The monoisotopic (exact) mass is 396 g/mol. The van der Waals surface area contributed by atoms with Crippen LogP contribution in [0.15, 0.2) is 54.6 Å². The van der Waals surface area contributed by atoms with Crippen LogP contribution in [-0.4, -0.2) is 36.5 Å². The van der Waals surface area contributed by atoms with Gasteiger partial charge in [-0.15, -0.1) is 0 Å². The van der Waals surface area contributed by atoms with E-state index in [1.807, 2.05) is 30.3 Å². The molecule has 5 heteroatoms. The Labute approximate surface area is 167 Å². The van der Waals surface area contributed by atoms with Gasteiger partial charge in [0.05, 0.1) is 5.75 Å². The molecule has 28 heavy (non-hydrogen) atoms. The second kappa shape index (κ2) is 8.10. The van der Waals surface area contributed by atoms with Crippen molar-refractivity contribution in [1.29, 1.82) is 0 Å². The molecule has 0 saturated carbocycles. The Morgan fingerprint density at radius 2 is 1.68 bits per heavy atom. The number of aromatic nitrogens is 1. The average molecular weight is 397 g/mol. The summed E-state index contributed by atoms with van der Waals surface area (Å²) in [7, 11) is -3.18. The van der Waals surface area contributed by atoms with Crippen LogP contribution in [0, 0.1) is 12.8 Å². The molecular formula is C23H28N2O2S. The van der Waals surface area contributed by atoms with Crippen LogP contribution in [0.3, 0.4) is 0 Å². The van der Waals surface area contributed by atoms with Crippen molar-refractivity contribution in [2.45, 2.75) is 32.6 Å². The molecule has 1 saturated heterocycles. The fourth-order valence-electron chi connectivity index (χ4n) is 4.30. The Morgan fingerprint density at radius 3 is 2.43 bits per heavy atom. The number of H-pyrrole nitrogens is 1. The molecule has 2 aromatic carbocycles. The zero-order valence-corrected chi connectivity index (χ0v) is 17.2. The lowest BCUT2D eigenvalue weighted by Gasteiger charge is -2.31. The summed E-state index contributed by atoms with van der Waals surface area (Å²) in [4.78, 5) is 3.48. The molecule has 0 amide bonds. The molecule has 0 unspecified atom stereocenters. The molecule has 1 aromatic heterocycles. The van der Waals surface area contributed by atoms with E-state index in [-0.39, 0.29) is 5.75 Å². The molecule has 4 rings (SSSR count). The highest BCUT2D eigenvalue weighted by Crippen LogP contribution is 2.29. The Kier molecular flexibility index (Phi) is 5.56. The predicted molar refractivity (Wildman–Crippen MR) is 115 cm³/mol. The molecule has 0 aliphatic carbocycles. The van der Waals surface area contributed by atoms with Crippen LogP contribution in [0.5, 0.6) is 0 Å². The van der Waals surface area contributed by atoms with Gasteiger partial charge in [0.1, 0.15) is 0 Å². The topological polar surface area (TPSA) is 53.2 Å². The summed E-state index contributed by atoms with van der Waals surface area (Å²) in [5, 5.41) is 1.30. The normalized spacial score (nSPS) is 16.6. The summed E-state index contributed by atoms with van der Waals surface area (Å²) < 4.78 is 27.2. The summed E-state index contributed by atoms with van der Waals surface area (Å²) >= 11 is 0. The van der Waals surface area contributed by atoms with E-state index in [0.717, 1.165) is 24.8 Å². The highest BCUT2D eigenvalue weighted by molar-refractivity contribution is 7.89. The van der Waals surface area contributed by atoms with Crippen LogP contribution in [0.25, 0.3) is 10.9 Å². The van der Waals surface area contributed by atoms with Crippen molar-refractivity contribution < 1.29 is 8.42 Å². The Hall–Kier alpha value is -2.11. The van der Waals surface area contributed by atoms with Gasteiger partial charge in [0, 0.05) is 29.7 Å². The predicted octanol–water partition coefficient (Wildman–Crippen LogP) is 4.30. The fourth-order valence-corrected chi connectivity index (χ4v) is 5.82. The molecule has 4 nitrogen and oxygen atoms in total. The number of para-hydroxylation sites is 1. The standard InChI is InChI=1S/C23H28N2O2S/c1-18-22(21-9-5-6-10-23(21)24-18)17-20-11-14-25(15-12-20)28(26,27)16-13-19-7-3-2-4-8-19/h2-10,20,24H,11-17H2,1H3. The van der Waals surface area contributed by atoms with Crippen LogP contribution in [0.1, 0.15) is 29.7 Å². The zero-order chi connectivity index (χ0) is 19.6. The molecule has 0 radical (unpaired) electrons. The van der Waals surface area contributed by atoms with Crippen molar-refractivity contribution in [2.75, 3.05) is 18.8 Å². The number of aromatic amines is 1. The van der Waals surface area contributed by atoms with Gasteiger partial charge < -0.3 is 4.98 Å². The first-order valence-electron chi connectivity index (χ1n) is 10.1. The van der Waals surface area contributed by atoms with E-state index in [9.17, 15) is 8.42 Å². The number of nitrogens with zero attached hydrogens (tertiary/aromatic N) is 1. The quantitative estimate of drug-likeness (QED) is 0.675. The number of benzene rings is 2. The fraction of sp³-hybridized carbons (Fsp3) is 0.391. The van der Waals surface area contributed by atoms with Gasteiger partial charge in [0.25, 0.3) is 0 Å². The highest BCUT2D eigenvalue weighted by atomic mass is 32.2. The smallest absolute Gasteiger partial charge is 0.214 e. The van der Waals surface area contributed by atoms with Gasteiger partial charge in [-0.25, -0.2) is 12.7 Å². The van der Waals surface area contributed by atoms with Crippen molar-refractivity contribution in [3.8, 4) is 0 Å². The molecule has 0 spiro atoms.